The van der Waals surface area contributed by atoms with Gasteiger partial charge in [-0.05, 0) is 69.9 Å². The Morgan fingerprint density at radius 2 is 0.619 bits per heavy atom. The van der Waals surface area contributed by atoms with E-state index < -0.39 is 0 Å². The summed E-state index contributed by atoms with van der Waals surface area (Å²) < 4.78 is 0. The van der Waals surface area contributed by atoms with Gasteiger partial charge in [0.05, 0.1) is 0 Å². The maximum atomic E-state index is 3.29. The SMILES string of the molecule is C.C.C.CC.CC.CC.CC(C)c1c[nH]cc1C(C)C.CC(C)c1cc[nH]c1C(C)C.CC(C)c1cc[nH]c1C(C)C. The molecule has 0 spiro atoms. The van der Waals surface area contributed by atoms with Crippen LogP contribution in [0.25, 0.3) is 0 Å². The minimum Gasteiger partial charge on any atom is -0.367 e. The predicted octanol–water partition coefficient (Wildman–Crippen LogP) is 14.8. The second-order valence-electron chi connectivity index (χ2n) is 11.0. The summed E-state index contributed by atoms with van der Waals surface area (Å²) in [5.41, 5.74) is 8.61. The molecule has 0 unspecified atom stereocenters. The third kappa shape index (κ3) is 19.1. The number of H-pyrrole nitrogens is 3. The summed E-state index contributed by atoms with van der Waals surface area (Å²) in [6.45, 7) is 38.7. The van der Waals surface area contributed by atoms with E-state index in [2.05, 4.69) is 123 Å². The number of hydrogen-bond donors (Lipinski definition) is 3. The molecule has 3 N–H and O–H groups in total. The lowest BCUT2D eigenvalue weighted by Gasteiger charge is -2.09. The van der Waals surface area contributed by atoms with Gasteiger partial charge in [-0.25, -0.2) is 0 Å². The van der Waals surface area contributed by atoms with Gasteiger partial charge in [0.15, 0.2) is 0 Å². The van der Waals surface area contributed by atoms with Crippen LogP contribution in [-0.2, 0) is 0 Å². The third-order valence-electron chi connectivity index (χ3n) is 6.08. The van der Waals surface area contributed by atoms with Crippen molar-refractivity contribution in [1.82, 2.24) is 15.0 Å². The molecule has 42 heavy (non-hydrogen) atoms. The fourth-order valence-corrected chi connectivity index (χ4v) is 4.18. The number of nitrogens with one attached hydrogen (secondary N) is 3. The van der Waals surface area contributed by atoms with Gasteiger partial charge in [0.2, 0.25) is 0 Å². The van der Waals surface area contributed by atoms with Crippen molar-refractivity contribution in [3.8, 4) is 0 Å². The molecule has 252 valence electrons. The predicted molar refractivity (Wildman–Crippen MR) is 201 cm³/mol. The van der Waals surface area contributed by atoms with Crippen LogP contribution < -0.4 is 0 Å². The minimum absolute atomic E-state index is 0. The maximum absolute atomic E-state index is 3.29. The topological polar surface area (TPSA) is 47.4 Å². The van der Waals surface area contributed by atoms with Gasteiger partial charge in [-0.3, -0.25) is 0 Å². The Balaban J connectivity index is -0.000000103. The first kappa shape index (κ1) is 52.5. The quantitative estimate of drug-likeness (QED) is 0.255. The van der Waals surface area contributed by atoms with Crippen molar-refractivity contribution in [2.75, 3.05) is 0 Å². The van der Waals surface area contributed by atoms with E-state index >= 15 is 0 Å². The summed E-state index contributed by atoms with van der Waals surface area (Å²) in [6.07, 6.45) is 8.29. The molecule has 0 saturated heterocycles. The highest BCUT2D eigenvalue weighted by atomic mass is 14.7. The maximum Gasteiger partial charge on any atom is 0.0208 e. The summed E-state index contributed by atoms with van der Waals surface area (Å²) >= 11 is 0. The molecule has 0 fully saturated rings. The van der Waals surface area contributed by atoms with Crippen LogP contribution in [0.3, 0.4) is 0 Å². The molecule has 0 aliphatic carbocycles. The van der Waals surface area contributed by atoms with Crippen molar-refractivity contribution < 1.29 is 0 Å². The van der Waals surface area contributed by atoms with E-state index in [0.717, 1.165) is 0 Å². The Kier molecular flexibility index (Phi) is 37.9. The Bertz CT molecular complexity index is 715. The summed E-state index contributed by atoms with van der Waals surface area (Å²) in [4.78, 5) is 9.73. The zero-order chi connectivity index (χ0) is 31.3. The summed E-state index contributed by atoms with van der Waals surface area (Å²) in [5, 5.41) is 0. The lowest BCUT2D eigenvalue weighted by atomic mass is 9.95. The molecule has 3 aromatic heterocycles. The molecule has 0 aliphatic heterocycles. The van der Waals surface area contributed by atoms with Gasteiger partial charge in [0, 0.05) is 36.2 Å². The molecule has 3 nitrogen and oxygen atoms in total. The van der Waals surface area contributed by atoms with Crippen molar-refractivity contribution in [1.29, 1.82) is 0 Å². The molecule has 0 radical (unpaired) electrons. The van der Waals surface area contributed by atoms with Crippen LogP contribution in [0.5, 0.6) is 0 Å². The van der Waals surface area contributed by atoms with Crippen molar-refractivity contribution in [2.24, 2.45) is 0 Å². The second-order valence-corrected chi connectivity index (χ2v) is 11.0. The third-order valence-corrected chi connectivity index (χ3v) is 6.08. The summed E-state index contributed by atoms with van der Waals surface area (Å²) in [7, 11) is 0. The van der Waals surface area contributed by atoms with E-state index in [9.17, 15) is 0 Å². The van der Waals surface area contributed by atoms with Gasteiger partial charge < -0.3 is 15.0 Å². The molecule has 0 saturated carbocycles. The number of aromatic nitrogens is 3. The van der Waals surface area contributed by atoms with Crippen molar-refractivity contribution in [2.45, 2.75) is 182 Å². The first-order valence-electron chi connectivity index (χ1n) is 15.9. The van der Waals surface area contributed by atoms with Gasteiger partial charge >= 0.3 is 0 Å². The molecular weight excluding hydrogens is 510 g/mol. The molecule has 3 rings (SSSR count). The fraction of sp³-hybridized carbons (Fsp3) is 0.692. The number of hydrogen-bond acceptors (Lipinski definition) is 0. The van der Waals surface area contributed by atoms with E-state index in [0.29, 0.717) is 35.5 Å². The van der Waals surface area contributed by atoms with Crippen LogP contribution in [0.15, 0.2) is 36.9 Å². The molecule has 0 amide bonds. The molecule has 3 heteroatoms. The van der Waals surface area contributed by atoms with Crippen LogP contribution in [-0.4, -0.2) is 15.0 Å². The highest BCUT2D eigenvalue weighted by Gasteiger charge is 2.11. The average molecular weight is 592 g/mol. The van der Waals surface area contributed by atoms with E-state index in [1.54, 1.807) is 0 Å². The molecule has 0 bridgehead atoms. The smallest absolute Gasteiger partial charge is 0.0208 e. The van der Waals surface area contributed by atoms with Crippen LogP contribution in [0.4, 0.5) is 0 Å². The first-order chi connectivity index (χ1) is 18.4. The largest absolute Gasteiger partial charge is 0.367 e. The van der Waals surface area contributed by atoms with Crippen LogP contribution in [0, 0.1) is 0 Å². The normalized spacial score (nSPS) is 9.43. The molecule has 0 aliphatic rings. The molecule has 0 atom stereocenters. The number of rotatable bonds is 6. The van der Waals surface area contributed by atoms with Crippen LogP contribution in [0.2, 0.25) is 0 Å². The molecular formula is C39H81N3. The number of aromatic amines is 3. The van der Waals surface area contributed by atoms with E-state index in [-0.39, 0.29) is 22.3 Å². The highest BCUT2D eigenvalue weighted by Crippen LogP contribution is 2.26. The molecule has 0 aromatic carbocycles. The van der Waals surface area contributed by atoms with Crippen LogP contribution in [0.1, 0.15) is 216 Å². The zero-order valence-corrected chi connectivity index (χ0v) is 29.4. The lowest BCUT2D eigenvalue weighted by molar-refractivity contribution is 0.774. The van der Waals surface area contributed by atoms with Crippen molar-refractivity contribution >= 4 is 0 Å². The van der Waals surface area contributed by atoms with E-state index in [4.69, 9.17) is 0 Å². The Hall–Kier alpha value is -2.16. The Labute approximate surface area is 267 Å². The standard InChI is InChI=1S/3C10H17N.3C2H6.3CH4/c1-7(2)9-5-11-6-10(9)8(3)4;2*1-7(2)9-5-6-11-10(9)8(3)4;3*1-2;;;/h3*5-8,11H,1-4H3;3*1-2H3;3*1H4. The Morgan fingerprint density at radius 1 is 0.381 bits per heavy atom. The first-order valence-corrected chi connectivity index (χ1v) is 15.9. The second kappa shape index (κ2) is 30.3. The summed E-state index contributed by atoms with van der Waals surface area (Å²) in [5.74, 6) is 3.78. The van der Waals surface area contributed by atoms with Gasteiger partial charge in [0.25, 0.3) is 0 Å². The lowest BCUT2D eigenvalue weighted by Crippen LogP contribution is -1.95. The monoisotopic (exact) mass is 592 g/mol. The fourth-order valence-electron chi connectivity index (χ4n) is 4.18. The highest BCUT2D eigenvalue weighted by molar-refractivity contribution is 5.29. The molecule has 3 heterocycles. The summed E-state index contributed by atoms with van der Waals surface area (Å²) in [6, 6.07) is 4.36. The van der Waals surface area contributed by atoms with Gasteiger partial charge in [0.1, 0.15) is 0 Å². The molecule has 3 aromatic rings. The minimum atomic E-state index is 0. The average Bonchev–Trinajstić information content (AvgIpc) is 3.68. The van der Waals surface area contributed by atoms with E-state index in [1.807, 2.05) is 53.9 Å². The zero-order valence-electron chi connectivity index (χ0n) is 29.4. The van der Waals surface area contributed by atoms with E-state index in [1.165, 1.54) is 33.6 Å². The van der Waals surface area contributed by atoms with Crippen molar-refractivity contribution in [3.63, 3.8) is 0 Å². The van der Waals surface area contributed by atoms with Gasteiger partial charge in [-0.15, -0.1) is 0 Å². The van der Waals surface area contributed by atoms with Crippen LogP contribution >= 0.6 is 0 Å². The Morgan fingerprint density at radius 3 is 0.786 bits per heavy atom. The van der Waals surface area contributed by atoms with Gasteiger partial charge in [-0.1, -0.05) is 147 Å². The van der Waals surface area contributed by atoms with Crippen molar-refractivity contribution in [3.05, 3.63) is 70.6 Å². The van der Waals surface area contributed by atoms with Gasteiger partial charge in [-0.2, -0.15) is 0 Å².